The first kappa shape index (κ1) is 15.2. The lowest BCUT2D eigenvalue weighted by Crippen LogP contribution is -2.45. The van der Waals surface area contributed by atoms with Gasteiger partial charge in [-0.05, 0) is 26.2 Å². The summed E-state index contributed by atoms with van der Waals surface area (Å²) in [5.41, 5.74) is 0. The Morgan fingerprint density at radius 1 is 1.50 bits per heavy atom. The van der Waals surface area contributed by atoms with Gasteiger partial charge < -0.3 is 4.74 Å². The highest BCUT2D eigenvalue weighted by Crippen LogP contribution is 2.19. The maximum absolute atomic E-state index is 12.1. The number of ether oxygens (including phenoxy) is 1. The predicted molar refractivity (Wildman–Crippen MR) is 76.1 cm³/mol. The van der Waals surface area contributed by atoms with Gasteiger partial charge in [-0.1, -0.05) is 6.92 Å². The molecule has 1 aliphatic heterocycles. The van der Waals surface area contributed by atoms with Crippen LogP contribution in [-0.2, 0) is 10.0 Å². The Hall–Kier alpha value is -1.21. The van der Waals surface area contributed by atoms with Crippen LogP contribution >= 0.6 is 0 Å². The van der Waals surface area contributed by atoms with Crippen LogP contribution in [0, 0.1) is 6.92 Å². The summed E-state index contributed by atoms with van der Waals surface area (Å²) < 4.78 is 31.5. The lowest BCUT2D eigenvalue weighted by Gasteiger charge is -2.31. The van der Waals surface area contributed by atoms with E-state index in [2.05, 4.69) is 9.97 Å². The molecule has 0 radical (unpaired) electrons. The van der Waals surface area contributed by atoms with Crippen LogP contribution in [0.5, 0.6) is 5.88 Å². The van der Waals surface area contributed by atoms with E-state index < -0.39 is 10.0 Å². The topological polar surface area (TPSA) is 72.4 Å². The van der Waals surface area contributed by atoms with Crippen molar-refractivity contribution < 1.29 is 13.2 Å². The van der Waals surface area contributed by atoms with E-state index >= 15 is 0 Å². The third kappa shape index (κ3) is 3.89. The van der Waals surface area contributed by atoms with Crippen LogP contribution < -0.4 is 4.74 Å². The average molecular weight is 299 g/mol. The molecule has 6 nitrogen and oxygen atoms in total. The van der Waals surface area contributed by atoms with Crippen LogP contribution in [0.2, 0.25) is 0 Å². The lowest BCUT2D eigenvalue weighted by atomic mass is 10.1. The van der Waals surface area contributed by atoms with E-state index in [4.69, 9.17) is 4.74 Å². The number of sulfonamides is 1. The second-order valence-corrected chi connectivity index (χ2v) is 7.09. The second kappa shape index (κ2) is 6.49. The molecule has 0 aromatic carbocycles. The first-order valence-corrected chi connectivity index (χ1v) is 8.56. The van der Waals surface area contributed by atoms with Gasteiger partial charge in [0.15, 0.2) is 0 Å². The minimum absolute atomic E-state index is 0.135. The van der Waals surface area contributed by atoms with Gasteiger partial charge in [0.1, 0.15) is 11.9 Å². The molecule has 0 saturated carbocycles. The minimum atomic E-state index is -3.15. The Bertz CT molecular complexity index is 548. The summed E-state index contributed by atoms with van der Waals surface area (Å²) in [5.74, 6) is 1.36. The van der Waals surface area contributed by atoms with Gasteiger partial charge in [-0.2, -0.15) is 9.29 Å². The smallest absolute Gasteiger partial charge is 0.216 e. The Balaban J connectivity index is 2.00. The first-order chi connectivity index (χ1) is 9.51. The number of piperidine rings is 1. The Morgan fingerprint density at radius 3 is 3.00 bits per heavy atom. The van der Waals surface area contributed by atoms with Crippen molar-refractivity contribution in [3.05, 3.63) is 18.1 Å². The van der Waals surface area contributed by atoms with Gasteiger partial charge in [-0.25, -0.2) is 13.4 Å². The Labute approximate surface area is 120 Å². The molecule has 2 rings (SSSR count). The summed E-state index contributed by atoms with van der Waals surface area (Å²) in [4.78, 5) is 8.20. The molecule has 2 heterocycles. The van der Waals surface area contributed by atoms with Gasteiger partial charge in [0, 0.05) is 18.8 Å². The number of rotatable bonds is 5. The standard InChI is InChI=1S/C13H21N3O3S/c1-3-9-20(17,18)16-8-4-5-12(10-16)19-13-6-7-14-11(2)15-13/h6-7,12H,3-5,8-10H2,1-2H3/t12-/m0/s1. The quantitative estimate of drug-likeness (QED) is 0.821. The van der Waals surface area contributed by atoms with E-state index in [0.717, 1.165) is 12.8 Å². The number of hydrogen-bond acceptors (Lipinski definition) is 5. The fourth-order valence-corrected chi connectivity index (χ4v) is 3.89. The maximum atomic E-state index is 12.1. The molecule has 1 atom stereocenters. The van der Waals surface area contributed by atoms with E-state index in [1.807, 2.05) is 6.92 Å². The second-order valence-electron chi connectivity index (χ2n) is 5.00. The zero-order valence-corrected chi connectivity index (χ0v) is 12.8. The Kier molecular flexibility index (Phi) is 4.93. The van der Waals surface area contributed by atoms with Crippen LogP contribution in [0.25, 0.3) is 0 Å². The van der Waals surface area contributed by atoms with Crippen molar-refractivity contribution in [2.24, 2.45) is 0 Å². The van der Waals surface area contributed by atoms with Crippen molar-refractivity contribution >= 4 is 10.0 Å². The molecule has 1 aliphatic rings. The van der Waals surface area contributed by atoms with Crippen LogP contribution in [0.15, 0.2) is 12.3 Å². The van der Waals surface area contributed by atoms with Crippen molar-refractivity contribution in [2.45, 2.75) is 39.2 Å². The van der Waals surface area contributed by atoms with Crippen LogP contribution in [0.1, 0.15) is 32.0 Å². The molecule has 0 amide bonds. The first-order valence-electron chi connectivity index (χ1n) is 6.95. The number of aryl methyl sites for hydroxylation is 1. The maximum Gasteiger partial charge on any atom is 0.216 e. The largest absolute Gasteiger partial charge is 0.473 e. The van der Waals surface area contributed by atoms with E-state index in [9.17, 15) is 8.42 Å². The van der Waals surface area contributed by atoms with Gasteiger partial charge in [0.2, 0.25) is 15.9 Å². The fourth-order valence-electron chi connectivity index (χ4n) is 2.31. The molecule has 20 heavy (non-hydrogen) atoms. The van der Waals surface area contributed by atoms with Gasteiger partial charge in [0.25, 0.3) is 0 Å². The van der Waals surface area contributed by atoms with E-state index in [1.54, 1.807) is 23.5 Å². The van der Waals surface area contributed by atoms with E-state index in [1.165, 1.54) is 0 Å². The van der Waals surface area contributed by atoms with E-state index in [-0.39, 0.29) is 11.9 Å². The minimum Gasteiger partial charge on any atom is -0.473 e. The molecular formula is C13H21N3O3S. The fraction of sp³-hybridized carbons (Fsp3) is 0.692. The lowest BCUT2D eigenvalue weighted by molar-refractivity contribution is 0.124. The van der Waals surface area contributed by atoms with Crippen LogP contribution in [0.3, 0.4) is 0 Å². The summed E-state index contributed by atoms with van der Waals surface area (Å²) in [6, 6.07) is 1.70. The zero-order chi connectivity index (χ0) is 14.6. The molecule has 0 bridgehead atoms. The van der Waals surface area contributed by atoms with Gasteiger partial charge >= 0.3 is 0 Å². The van der Waals surface area contributed by atoms with Crippen molar-refractivity contribution in [3.8, 4) is 5.88 Å². The normalized spacial score (nSPS) is 20.8. The molecule has 112 valence electrons. The van der Waals surface area contributed by atoms with Gasteiger partial charge in [-0.15, -0.1) is 0 Å². The summed E-state index contributed by atoms with van der Waals surface area (Å²) in [6.45, 7) is 4.67. The molecule has 1 aromatic heterocycles. The predicted octanol–water partition coefficient (Wildman–Crippen LogP) is 1.37. The summed E-state index contributed by atoms with van der Waals surface area (Å²) in [6.07, 6.45) is 3.81. The molecule has 1 aromatic rings. The molecule has 0 unspecified atom stereocenters. The Morgan fingerprint density at radius 2 is 2.30 bits per heavy atom. The highest BCUT2D eigenvalue weighted by Gasteiger charge is 2.29. The molecular weight excluding hydrogens is 278 g/mol. The monoisotopic (exact) mass is 299 g/mol. The zero-order valence-electron chi connectivity index (χ0n) is 11.9. The van der Waals surface area contributed by atoms with Crippen molar-refractivity contribution in [2.75, 3.05) is 18.8 Å². The van der Waals surface area contributed by atoms with Crippen molar-refractivity contribution in [3.63, 3.8) is 0 Å². The molecule has 1 saturated heterocycles. The average Bonchev–Trinajstić information content (AvgIpc) is 2.39. The third-order valence-corrected chi connectivity index (χ3v) is 5.28. The highest BCUT2D eigenvalue weighted by molar-refractivity contribution is 7.89. The molecule has 7 heteroatoms. The number of hydrogen-bond donors (Lipinski definition) is 0. The number of aromatic nitrogens is 2. The summed E-state index contributed by atoms with van der Waals surface area (Å²) in [7, 11) is -3.15. The molecule has 0 aliphatic carbocycles. The van der Waals surface area contributed by atoms with E-state index in [0.29, 0.717) is 31.2 Å². The van der Waals surface area contributed by atoms with Crippen molar-refractivity contribution in [1.82, 2.24) is 14.3 Å². The van der Waals surface area contributed by atoms with Gasteiger partial charge in [0.05, 0.1) is 12.3 Å². The number of nitrogens with zero attached hydrogens (tertiary/aromatic N) is 3. The van der Waals surface area contributed by atoms with Crippen molar-refractivity contribution in [1.29, 1.82) is 0 Å². The summed E-state index contributed by atoms with van der Waals surface area (Å²) in [5, 5.41) is 0. The van der Waals surface area contributed by atoms with Crippen LogP contribution in [0.4, 0.5) is 0 Å². The highest BCUT2D eigenvalue weighted by atomic mass is 32.2. The summed E-state index contributed by atoms with van der Waals surface area (Å²) >= 11 is 0. The molecule has 0 N–H and O–H groups in total. The van der Waals surface area contributed by atoms with Gasteiger partial charge in [-0.3, -0.25) is 0 Å². The third-order valence-electron chi connectivity index (χ3n) is 3.23. The van der Waals surface area contributed by atoms with Crippen LogP contribution in [-0.4, -0.2) is 47.6 Å². The SMILES string of the molecule is CCCS(=O)(=O)N1CCC[C@H](Oc2ccnc(C)n2)C1. The molecule has 1 fully saturated rings. The molecule has 0 spiro atoms.